The maximum atomic E-state index is 12.2. The molecule has 24 heavy (non-hydrogen) atoms. The van der Waals surface area contributed by atoms with Crippen LogP contribution in [0.4, 0.5) is 5.69 Å². The smallest absolute Gasteiger partial charge is 0.234 e. The second kappa shape index (κ2) is 7.32. The van der Waals surface area contributed by atoms with Gasteiger partial charge in [-0.3, -0.25) is 4.79 Å². The summed E-state index contributed by atoms with van der Waals surface area (Å²) in [4.78, 5) is 13.3. The monoisotopic (exact) mass is 358 g/mol. The van der Waals surface area contributed by atoms with Crippen molar-refractivity contribution in [1.29, 1.82) is 0 Å². The van der Waals surface area contributed by atoms with E-state index in [0.717, 1.165) is 22.7 Å². The van der Waals surface area contributed by atoms with Gasteiger partial charge >= 0.3 is 0 Å². The minimum Gasteiger partial charge on any atom is -0.347 e. The number of aryl methyl sites for hydroxylation is 2. The maximum Gasteiger partial charge on any atom is 0.234 e. The Kier molecular flexibility index (Phi) is 5.17. The third-order valence-corrected chi connectivity index (χ3v) is 5.36. The first-order valence-corrected chi connectivity index (χ1v) is 9.21. The molecule has 0 spiro atoms. The van der Waals surface area contributed by atoms with Gasteiger partial charge in [0.25, 0.3) is 0 Å². The van der Waals surface area contributed by atoms with Gasteiger partial charge < -0.3 is 9.88 Å². The van der Waals surface area contributed by atoms with Crippen LogP contribution in [-0.2, 0) is 11.3 Å². The minimum atomic E-state index is -0.0340. The number of thioether (sulfide) groups is 1. The zero-order chi connectivity index (χ0) is 17.1. The standard InChI is InChI=1S/C19H19ClN2OS/c1-3-22-11-18(15-6-4-5-7-17(15)22)24-12-19(23)21-14-9-8-13(2)16(20)10-14/h4-11H,3,12H2,1-2H3,(H,21,23). The lowest BCUT2D eigenvalue weighted by Crippen LogP contribution is -2.13. The molecule has 0 bridgehead atoms. The third kappa shape index (κ3) is 3.60. The molecule has 0 atom stereocenters. The minimum absolute atomic E-state index is 0.0340. The molecule has 0 unspecified atom stereocenters. The number of carbonyl (C=O) groups excluding carboxylic acids is 1. The Morgan fingerprint density at radius 1 is 1.25 bits per heavy atom. The first-order chi connectivity index (χ1) is 11.6. The van der Waals surface area contributed by atoms with Crippen molar-refractivity contribution in [2.24, 2.45) is 0 Å². The van der Waals surface area contributed by atoms with Crippen LogP contribution in [0.5, 0.6) is 0 Å². The number of fused-ring (bicyclic) bond motifs is 1. The fourth-order valence-corrected chi connectivity index (χ4v) is 3.67. The number of hydrogen-bond donors (Lipinski definition) is 1. The molecule has 1 N–H and O–H groups in total. The molecule has 0 aliphatic heterocycles. The average Bonchev–Trinajstić information content (AvgIpc) is 2.94. The zero-order valence-electron chi connectivity index (χ0n) is 13.7. The topological polar surface area (TPSA) is 34.0 Å². The highest BCUT2D eigenvalue weighted by Crippen LogP contribution is 2.30. The number of para-hydroxylation sites is 1. The molecule has 3 rings (SSSR count). The molecule has 0 saturated heterocycles. The van der Waals surface area contributed by atoms with E-state index in [4.69, 9.17) is 11.6 Å². The van der Waals surface area contributed by atoms with E-state index in [1.807, 2.05) is 31.2 Å². The highest BCUT2D eigenvalue weighted by molar-refractivity contribution is 8.00. The number of carbonyl (C=O) groups is 1. The van der Waals surface area contributed by atoms with Gasteiger partial charge in [0.05, 0.1) is 5.75 Å². The normalized spacial score (nSPS) is 11.0. The number of benzene rings is 2. The van der Waals surface area contributed by atoms with E-state index in [2.05, 4.69) is 35.1 Å². The van der Waals surface area contributed by atoms with Gasteiger partial charge in [-0.2, -0.15) is 0 Å². The summed E-state index contributed by atoms with van der Waals surface area (Å²) < 4.78 is 2.20. The molecular weight excluding hydrogens is 340 g/mol. The van der Waals surface area contributed by atoms with Crippen molar-refractivity contribution in [3.63, 3.8) is 0 Å². The number of nitrogens with one attached hydrogen (secondary N) is 1. The molecule has 1 aromatic heterocycles. The summed E-state index contributed by atoms with van der Waals surface area (Å²) in [7, 11) is 0. The Bertz CT molecular complexity index is 888. The molecule has 3 aromatic rings. The van der Waals surface area contributed by atoms with Crippen molar-refractivity contribution in [1.82, 2.24) is 4.57 Å². The van der Waals surface area contributed by atoms with E-state index in [0.29, 0.717) is 10.8 Å². The molecule has 0 aliphatic carbocycles. The number of rotatable bonds is 5. The van der Waals surface area contributed by atoms with Gasteiger partial charge in [0.1, 0.15) is 0 Å². The summed E-state index contributed by atoms with van der Waals surface area (Å²) in [6, 6.07) is 13.8. The highest BCUT2D eigenvalue weighted by Gasteiger charge is 2.10. The number of amides is 1. The van der Waals surface area contributed by atoms with Crippen LogP contribution in [0.15, 0.2) is 53.6 Å². The van der Waals surface area contributed by atoms with Crippen molar-refractivity contribution >= 4 is 45.9 Å². The molecule has 0 saturated carbocycles. The van der Waals surface area contributed by atoms with Crippen molar-refractivity contribution in [2.45, 2.75) is 25.3 Å². The van der Waals surface area contributed by atoms with Gasteiger partial charge in [-0.05, 0) is 37.6 Å². The maximum absolute atomic E-state index is 12.2. The first kappa shape index (κ1) is 16.9. The Morgan fingerprint density at radius 2 is 2.04 bits per heavy atom. The van der Waals surface area contributed by atoms with Crippen LogP contribution >= 0.6 is 23.4 Å². The molecule has 3 nitrogen and oxygen atoms in total. The van der Waals surface area contributed by atoms with Crippen LogP contribution < -0.4 is 5.32 Å². The van der Waals surface area contributed by atoms with Crippen LogP contribution in [0.2, 0.25) is 5.02 Å². The third-order valence-electron chi connectivity index (χ3n) is 3.91. The number of aromatic nitrogens is 1. The van der Waals surface area contributed by atoms with E-state index in [9.17, 15) is 4.79 Å². The van der Waals surface area contributed by atoms with E-state index < -0.39 is 0 Å². The highest BCUT2D eigenvalue weighted by atomic mass is 35.5. The molecule has 0 radical (unpaired) electrons. The quantitative estimate of drug-likeness (QED) is 0.623. The van der Waals surface area contributed by atoms with Crippen LogP contribution in [0.1, 0.15) is 12.5 Å². The average molecular weight is 359 g/mol. The number of anilines is 1. The van der Waals surface area contributed by atoms with Gasteiger partial charge in [-0.1, -0.05) is 35.9 Å². The largest absolute Gasteiger partial charge is 0.347 e. The van der Waals surface area contributed by atoms with Gasteiger partial charge in [0.15, 0.2) is 0 Å². The van der Waals surface area contributed by atoms with E-state index in [1.54, 1.807) is 17.8 Å². The molecule has 124 valence electrons. The molecule has 0 fully saturated rings. The van der Waals surface area contributed by atoms with Gasteiger partial charge in [-0.25, -0.2) is 0 Å². The first-order valence-electron chi connectivity index (χ1n) is 7.85. The lowest BCUT2D eigenvalue weighted by Gasteiger charge is -2.06. The molecule has 5 heteroatoms. The predicted octanol–water partition coefficient (Wildman–Crippen LogP) is 5.35. The number of hydrogen-bond acceptors (Lipinski definition) is 2. The summed E-state index contributed by atoms with van der Waals surface area (Å²) in [5.41, 5.74) is 2.93. The summed E-state index contributed by atoms with van der Waals surface area (Å²) in [5, 5.41) is 4.75. The van der Waals surface area contributed by atoms with Crippen molar-refractivity contribution in [2.75, 3.05) is 11.1 Å². The summed E-state index contributed by atoms with van der Waals surface area (Å²) in [6.07, 6.45) is 2.12. The second-order valence-electron chi connectivity index (χ2n) is 5.60. The van der Waals surface area contributed by atoms with Crippen LogP contribution in [0.3, 0.4) is 0 Å². The van der Waals surface area contributed by atoms with Gasteiger partial charge in [0, 0.05) is 39.3 Å². The Balaban J connectivity index is 1.69. The van der Waals surface area contributed by atoms with Crippen LogP contribution in [-0.4, -0.2) is 16.2 Å². The number of halogens is 1. The van der Waals surface area contributed by atoms with E-state index in [1.165, 1.54) is 10.9 Å². The van der Waals surface area contributed by atoms with Crippen LogP contribution in [0.25, 0.3) is 10.9 Å². The molecule has 2 aromatic carbocycles. The fourth-order valence-electron chi connectivity index (χ4n) is 2.60. The van der Waals surface area contributed by atoms with Crippen molar-refractivity contribution in [3.8, 4) is 0 Å². The van der Waals surface area contributed by atoms with Gasteiger partial charge in [-0.15, -0.1) is 11.8 Å². The second-order valence-corrected chi connectivity index (χ2v) is 7.02. The molecular formula is C19H19ClN2OS. The lowest BCUT2D eigenvalue weighted by molar-refractivity contribution is -0.113. The Morgan fingerprint density at radius 3 is 2.79 bits per heavy atom. The number of nitrogens with zero attached hydrogens (tertiary/aromatic N) is 1. The Labute approximate surface area is 151 Å². The molecule has 0 aliphatic rings. The van der Waals surface area contributed by atoms with Crippen molar-refractivity contribution in [3.05, 3.63) is 59.2 Å². The fraction of sp³-hybridized carbons (Fsp3) is 0.211. The van der Waals surface area contributed by atoms with Crippen molar-refractivity contribution < 1.29 is 4.79 Å². The zero-order valence-corrected chi connectivity index (χ0v) is 15.2. The SMILES string of the molecule is CCn1cc(SCC(=O)Nc2ccc(C)c(Cl)c2)c2ccccc21. The Hall–Kier alpha value is -1.91. The molecule has 1 amide bonds. The van der Waals surface area contributed by atoms with E-state index >= 15 is 0 Å². The lowest BCUT2D eigenvalue weighted by atomic mass is 10.2. The molecule has 1 heterocycles. The van der Waals surface area contributed by atoms with Crippen LogP contribution in [0, 0.1) is 6.92 Å². The summed E-state index contributed by atoms with van der Waals surface area (Å²) >= 11 is 7.65. The predicted molar refractivity (Wildman–Crippen MR) is 103 cm³/mol. The van der Waals surface area contributed by atoms with Gasteiger partial charge in [0.2, 0.25) is 5.91 Å². The summed E-state index contributed by atoms with van der Waals surface area (Å²) in [6.45, 7) is 4.97. The summed E-state index contributed by atoms with van der Waals surface area (Å²) in [5.74, 6) is 0.330. The van der Waals surface area contributed by atoms with E-state index in [-0.39, 0.29) is 5.91 Å².